The summed E-state index contributed by atoms with van der Waals surface area (Å²) < 4.78 is 7.80. The molecule has 0 spiro atoms. The van der Waals surface area contributed by atoms with Crippen LogP contribution in [0.25, 0.3) is 0 Å². The second-order valence-electron chi connectivity index (χ2n) is 5.38. The van der Waals surface area contributed by atoms with Crippen LogP contribution < -0.4 is 5.32 Å². The van der Waals surface area contributed by atoms with Crippen molar-refractivity contribution >= 4 is 0 Å². The highest BCUT2D eigenvalue weighted by molar-refractivity contribution is 4.95. The molecule has 100 valence electrons. The average molecular weight is 250 g/mol. The summed E-state index contributed by atoms with van der Waals surface area (Å²) in [4.78, 5) is 0. The normalized spacial score (nSPS) is 26.3. The quantitative estimate of drug-likeness (QED) is 0.879. The van der Waals surface area contributed by atoms with E-state index in [4.69, 9.17) is 4.74 Å². The third-order valence-electron chi connectivity index (χ3n) is 4.04. The molecule has 2 aliphatic rings. The third-order valence-corrected chi connectivity index (χ3v) is 4.04. The molecule has 2 fully saturated rings. The van der Waals surface area contributed by atoms with Crippen LogP contribution in [0, 0.1) is 0 Å². The monoisotopic (exact) mass is 250 g/mol. The predicted molar refractivity (Wildman–Crippen MR) is 68.5 cm³/mol. The van der Waals surface area contributed by atoms with Crippen LogP contribution in [-0.4, -0.2) is 40.6 Å². The molecule has 18 heavy (non-hydrogen) atoms. The zero-order chi connectivity index (χ0) is 12.2. The number of rotatable bonds is 3. The first-order valence-electron chi connectivity index (χ1n) is 7.13. The lowest BCUT2D eigenvalue weighted by atomic mass is 9.95. The molecule has 0 amide bonds. The highest BCUT2D eigenvalue weighted by atomic mass is 16.5. The van der Waals surface area contributed by atoms with Gasteiger partial charge in [0.05, 0.1) is 13.2 Å². The van der Waals surface area contributed by atoms with E-state index in [9.17, 15) is 0 Å². The number of hydrogen-bond donors (Lipinski definition) is 1. The van der Waals surface area contributed by atoms with E-state index in [-0.39, 0.29) is 0 Å². The Labute approximate surface area is 108 Å². The number of morpholine rings is 1. The summed E-state index contributed by atoms with van der Waals surface area (Å²) >= 11 is 0. The first-order chi connectivity index (χ1) is 8.93. The van der Waals surface area contributed by atoms with Gasteiger partial charge in [0.1, 0.15) is 12.2 Å². The van der Waals surface area contributed by atoms with Gasteiger partial charge >= 0.3 is 0 Å². The molecule has 1 aromatic heterocycles. The Morgan fingerprint density at radius 3 is 3.00 bits per heavy atom. The fourth-order valence-corrected chi connectivity index (χ4v) is 3.05. The summed E-state index contributed by atoms with van der Waals surface area (Å²) in [6, 6.07) is 1.01. The Morgan fingerprint density at radius 2 is 2.22 bits per heavy atom. The van der Waals surface area contributed by atoms with Crippen molar-refractivity contribution in [3.05, 3.63) is 12.2 Å². The molecular weight excluding hydrogens is 228 g/mol. The Morgan fingerprint density at radius 1 is 1.33 bits per heavy atom. The van der Waals surface area contributed by atoms with Crippen molar-refractivity contribution in [3.8, 4) is 0 Å². The molecular formula is C13H22N4O. The molecule has 2 heterocycles. The first kappa shape index (κ1) is 12.1. The number of ether oxygens (including phenoxy) is 1. The minimum Gasteiger partial charge on any atom is -0.379 e. The van der Waals surface area contributed by atoms with Gasteiger partial charge < -0.3 is 14.6 Å². The largest absolute Gasteiger partial charge is 0.379 e. The Bertz CT molecular complexity index is 367. The average Bonchev–Trinajstić information content (AvgIpc) is 2.89. The molecule has 1 saturated carbocycles. The Kier molecular flexibility index (Phi) is 3.90. The number of aromatic nitrogens is 3. The van der Waals surface area contributed by atoms with Gasteiger partial charge in [-0.05, 0) is 12.8 Å². The van der Waals surface area contributed by atoms with Gasteiger partial charge in [0.25, 0.3) is 0 Å². The van der Waals surface area contributed by atoms with Gasteiger partial charge in [0.15, 0.2) is 0 Å². The molecule has 1 atom stereocenters. The van der Waals surface area contributed by atoms with Crippen LogP contribution in [0.1, 0.15) is 44.0 Å². The van der Waals surface area contributed by atoms with Crippen molar-refractivity contribution < 1.29 is 4.74 Å². The van der Waals surface area contributed by atoms with Crippen molar-refractivity contribution in [3.63, 3.8) is 0 Å². The molecule has 1 unspecified atom stereocenters. The fourth-order valence-electron chi connectivity index (χ4n) is 3.05. The summed E-state index contributed by atoms with van der Waals surface area (Å²) in [5.74, 6) is 1.12. The highest BCUT2D eigenvalue weighted by Crippen LogP contribution is 2.28. The van der Waals surface area contributed by atoms with Crippen LogP contribution in [0.4, 0.5) is 0 Å². The van der Waals surface area contributed by atoms with Gasteiger partial charge in [0, 0.05) is 25.0 Å². The lowest BCUT2D eigenvalue weighted by molar-refractivity contribution is 0.0759. The molecule has 1 aromatic rings. The standard InChI is InChI=1S/C13H22N4O/c1-2-4-12(5-3-1)17-10-15-16-13(17)8-11-9-18-7-6-14-11/h10-12,14H,1-9H2. The summed E-state index contributed by atoms with van der Waals surface area (Å²) in [6.07, 6.45) is 9.46. The van der Waals surface area contributed by atoms with Gasteiger partial charge in [0.2, 0.25) is 0 Å². The number of hydrogen-bond acceptors (Lipinski definition) is 4. The summed E-state index contributed by atoms with van der Waals surface area (Å²) in [7, 11) is 0. The van der Waals surface area contributed by atoms with Crippen molar-refractivity contribution in [2.45, 2.75) is 50.6 Å². The molecule has 1 N–H and O–H groups in total. The van der Waals surface area contributed by atoms with E-state index in [0.29, 0.717) is 12.1 Å². The van der Waals surface area contributed by atoms with Gasteiger partial charge in [-0.25, -0.2) is 0 Å². The SMILES string of the molecule is c1nnc(CC2COCCN2)n1C1CCCCC1. The van der Waals surface area contributed by atoms with Crippen LogP contribution >= 0.6 is 0 Å². The van der Waals surface area contributed by atoms with Crippen LogP contribution in [0.3, 0.4) is 0 Å². The van der Waals surface area contributed by atoms with E-state index in [0.717, 1.165) is 32.0 Å². The topological polar surface area (TPSA) is 52.0 Å². The van der Waals surface area contributed by atoms with Crippen LogP contribution in [0.15, 0.2) is 6.33 Å². The first-order valence-corrected chi connectivity index (χ1v) is 7.13. The molecule has 1 aliphatic heterocycles. The van der Waals surface area contributed by atoms with Crippen molar-refractivity contribution in [1.82, 2.24) is 20.1 Å². The van der Waals surface area contributed by atoms with Crippen LogP contribution in [0.5, 0.6) is 0 Å². The number of nitrogens with zero attached hydrogens (tertiary/aromatic N) is 3. The molecule has 5 heteroatoms. The maximum atomic E-state index is 5.50. The molecule has 0 bridgehead atoms. The molecule has 0 radical (unpaired) electrons. The second kappa shape index (κ2) is 5.80. The minimum atomic E-state index is 0.394. The van der Waals surface area contributed by atoms with Crippen molar-refractivity contribution in [2.75, 3.05) is 19.8 Å². The van der Waals surface area contributed by atoms with E-state index in [1.165, 1.54) is 32.1 Å². The van der Waals surface area contributed by atoms with E-state index in [1.807, 2.05) is 6.33 Å². The van der Waals surface area contributed by atoms with E-state index in [2.05, 4.69) is 20.1 Å². The second-order valence-corrected chi connectivity index (χ2v) is 5.38. The maximum absolute atomic E-state index is 5.50. The van der Waals surface area contributed by atoms with E-state index in [1.54, 1.807) is 0 Å². The van der Waals surface area contributed by atoms with E-state index >= 15 is 0 Å². The zero-order valence-electron chi connectivity index (χ0n) is 10.8. The van der Waals surface area contributed by atoms with Gasteiger partial charge in [-0.15, -0.1) is 10.2 Å². The smallest absolute Gasteiger partial charge is 0.134 e. The van der Waals surface area contributed by atoms with Crippen molar-refractivity contribution in [2.24, 2.45) is 0 Å². The molecule has 5 nitrogen and oxygen atoms in total. The predicted octanol–water partition coefficient (Wildman–Crippen LogP) is 1.31. The van der Waals surface area contributed by atoms with Crippen molar-refractivity contribution in [1.29, 1.82) is 0 Å². The zero-order valence-corrected chi connectivity index (χ0v) is 10.8. The molecule has 1 aliphatic carbocycles. The number of nitrogens with one attached hydrogen (secondary N) is 1. The van der Waals surface area contributed by atoms with E-state index < -0.39 is 0 Å². The van der Waals surface area contributed by atoms with Crippen LogP contribution in [-0.2, 0) is 11.2 Å². The molecule has 0 aromatic carbocycles. The summed E-state index contributed by atoms with van der Waals surface area (Å²) in [6.45, 7) is 2.56. The Hall–Kier alpha value is -0.940. The Balaban J connectivity index is 1.66. The lowest BCUT2D eigenvalue weighted by Gasteiger charge is -2.27. The third kappa shape index (κ3) is 2.72. The minimum absolute atomic E-state index is 0.394. The summed E-state index contributed by atoms with van der Waals surface area (Å²) in [5.41, 5.74) is 0. The van der Waals surface area contributed by atoms with Gasteiger partial charge in [-0.1, -0.05) is 19.3 Å². The van der Waals surface area contributed by atoms with Gasteiger partial charge in [-0.3, -0.25) is 0 Å². The highest BCUT2D eigenvalue weighted by Gasteiger charge is 2.21. The van der Waals surface area contributed by atoms with Gasteiger partial charge in [-0.2, -0.15) is 0 Å². The fraction of sp³-hybridized carbons (Fsp3) is 0.846. The summed E-state index contributed by atoms with van der Waals surface area (Å²) in [5, 5.41) is 11.9. The maximum Gasteiger partial charge on any atom is 0.134 e. The molecule has 3 rings (SSSR count). The lowest BCUT2D eigenvalue weighted by Crippen LogP contribution is -2.43. The van der Waals surface area contributed by atoms with Crippen LogP contribution in [0.2, 0.25) is 0 Å². The molecule has 1 saturated heterocycles.